The predicted octanol–water partition coefficient (Wildman–Crippen LogP) is 2.85. The number of aromatic amines is 1. The SMILES string of the molecule is CCc1ccc(OCC(=O)Nc2cnc3n[nH]c(C)c3c2)cc1. The number of fused-ring (bicyclic) bond motifs is 1. The molecule has 6 heteroatoms. The van der Waals surface area contributed by atoms with Crippen LogP contribution in [0.5, 0.6) is 5.75 Å². The maximum Gasteiger partial charge on any atom is 0.262 e. The molecule has 0 saturated heterocycles. The zero-order valence-corrected chi connectivity index (χ0v) is 13.1. The van der Waals surface area contributed by atoms with Gasteiger partial charge in [0.15, 0.2) is 12.3 Å². The van der Waals surface area contributed by atoms with Crippen LogP contribution in [0.15, 0.2) is 36.5 Å². The number of H-pyrrole nitrogens is 1. The Morgan fingerprint density at radius 1 is 1.30 bits per heavy atom. The molecule has 0 spiro atoms. The van der Waals surface area contributed by atoms with Crippen LogP contribution in [-0.4, -0.2) is 27.7 Å². The van der Waals surface area contributed by atoms with Gasteiger partial charge in [0, 0.05) is 11.1 Å². The molecule has 0 bridgehead atoms. The van der Waals surface area contributed by atoms with Crippen molar-refractivity contribution in [2.45, 2.75) is 20.3 Å². The van der Waals surface area contributed by atoms with Gasteiger partial charge in [-0.2, -0.15) is 5.10 Å². The van der Waals surface area contributed by atoms with Crippen molar-refractivity contribution >= 4 is 22.6 Å². The summed E-state index contributed by atoms with van der Waals surface area (Å²) >= 11 is 0. The molecule has 2 heterocycles. The van der Waals surface area contributed by atoms with Crippen LogP contribution in [0.2, 0.25) is 0 Å². The van der Waals surface area contributed by atoms with E-state index >= 15 is 0 Å². The molecule has 1 aromatic carbocycles. The Bertz CT molecular complexity index is 824. The lowest BCUT2D eigenvalue weighted by molar-refractivity contribution is -0.118. The minimum Gasteiger partial charge on any atom is -0.484 e. The molecule has 0 aliphatic carbocycles. The fraction of sp³-hybridized carbons (Fsp3) is 0.235. The molecule has 118 valence electrons. The van der Waals surface area contributed by atoms with Crippen molar-refractivity contribution in [1.82, 2.24) is 15.2 Å². The third-order valence-corrected chi connectivity index (χ3v) is 3.59. The van der Waals surface area contributed by atoms with Gasteiger partial charge in [-0.1, -0.05) is 19.1 Å². The smallest absolute Gasteiger partial charge is 0.262 e. The second-order valence-electron chi connectivity index (χ2n) is 5.28. The Kier molecular flexibility index (Phi) is 4.23. The number of carbonyl (C=O) groups excluding carboxylic acids is 1. The number of ether oxygens (including phenoxy) is 1. The third-order valence-electron chi connectivity index (χ3n) is 3.59. The molecule has 0 atom stereocenters. The lowest BCUT2D eigenvalue weighted by atomic mass is 10.2. The van der Waals surface area contributed by atoms with Crippen molar-refractivity contribution < 1.29 is 9.53 Å². The van der Waals surface area contributed by atoms with E-state index < -0.39 is 0 Å². The molecule has 0 unspecified atom stereocenters. The van der Waals surface area contributed by atoms with Crippen LogP contribution in [0, 0.1) is 6.92 Å². The zero-order chi connectivity index (χ0) is 16.2. The van der Waals surface area contributed by atoms with Gasteiger partial charge in [-0.15, -0.1) is 0 Å². The van der Waals surface area contributed by atoms with Gasteiger partial charge in [-0.25, -0.2) is 4.98 Å². The molecule has 23 heavy (non-hydrogen) atoms. The molecule has 6 nitrogen and oxygen atoms in total. The number of pyridine rings is 1. The summed E-state index contributed by atoms with van der Waals surface area (Å²) in [7, 11) is 0. The summed E-state index contributed by atoms with van der Waals surface area (Å²) < 4.78 is 5.48. The first-order chi connectivity index (χ1) is 11.2. The van der Waals surface area contributed by atoms with E-state index in [4.69, 9.17) is 4.74 Å². The average Bonchev–Trinajstić information content (AvgIpc) is 2.94. The first-order valence-electron chi connectivity index (χ1n) is 7.48. The molecule has 0 aliphatic rings. The topological polar surface area (TPSA) is 79.9 Å². The number of carbonyl (C=O) groups is 1. The number of aromatic nitrogens is 3. The number of benzene rings is 1. The van der Waals surface area contributed by atoms with Crippen LogP contribution in [0.4, 0.5) is 5.69 Å². The first kappa shape index (κ1) is 15.0. The summed E-state index contributed by atoms with van der Waals surface area (Å²) in [6.45, 7) is 3.95. The van der Waals surface area contributed by atoms with Gasteiger partial charge in [-0.05, 0) is 37.1 Å². The van der Waals surface area contributed by atoms with E-state index in [1.807, 2.05) is 37.3 Å². The highest BCUT2D eigenvalue weighted by Gasteiger charge is 2.07. The van der Waals surface area contributed by atoms with Crippen molar-refractivity contribution in [3.63, 3.8) is 0 Å². The summed E-state index contributed by atoms with van der Waals surface area (Å²) in [5, 5.41) is 10.6. The monoisotopic (exact) mass is 310 g/mol. The summed E-state index contributed by atoms with van der Waals surface area (Å²) in [5.74, 6) is 0.448. The fourth-order valence-electron chi connectivity index (χ4n) is 2.26. The number of rotatable bonds is 5. The molecule has 1 amide bonds. The number of hydrogen-bond acceptors (Lipinski definition) is 4. The Morgan fingerprint density at radius 2 is 2.09 bits per heavy atom. The normalized spacial score (nSPS) is 10.7. The van der Waals surface area contributed by atoms with Crippen LogP contribution in [0.3, 0.4) is 0 Å². The van der Waals surface area contributed by atoms with Gasteiger partial charge >= 0.3 is 0 Å². The molecule has 3 rings (SSSR count). The average molecular weight is 310 g/mol. The highest BCUT2D eigenvalue weighted by Crippen LogP contribution is 2.17. The van der Waals surface area contributed by atoms with E-state index in [1.54, 1.807) is 6.20 Å². The van der Waals surface area contributed by atoms with Gasteiger partial charge < -0.3 is 10.1 Å². The van der Waals surface area contributed by atoms with Crippen molar-refractivity contribution in [3.8, 4) is 5.75 Å². The van der Waals surface area contributed by atoms with E-state index in [0.29, 0.717) is 17.1 Å². The van der Waals surface area contributed by atoms with Crippen LogP contribution in [0.25, 0.3) is 11.0 Å². The Morgan fingerprint density at radius 3 is 2.83 bits per heavy atom. The number of nitrogens with one attached hydrogen (secondary N) is 2. The summed E-state index contributed by atoms with van der Waals surface area (Å²) in [5.41, 5.74) is 3.40. The maximum absolute atomic E-state index is 12.0. The van der Waals surface area contributed by atoms with Crippen LogP contribution in [-0.2, 0) is 11.2 Å². The minimum absolute atomic E-state index is 0.0477. The molecule has 0 aliphatic heterocycles. The number of hydrogen-bond donors (Lipinski definition) is 2. The Hall–Kier alpha value is -2.89. The summed E-state index contributed by atoms with van der Waals surface area (Å²) in [4.78, 5) is 16.2. The first-order valence-corrected chi connectivity index (χ1v) is 7.48. The molecule has 2 N–H and O–H groups in total. The standard InChI is InChI=1S/C17H18N4O2/c1-3-12-4-6-14(7-5-12)23-10-16(22)19-13-8-15-11(2)20-21-17(15)18-9-13/h4-9H,3,10H2,1-2H3,(H,19,22)(H,18,20,21). The van der Waals surface area contributed by atoms with Crippen molar-refractivity contribution in [2.24, 2.45) is 0 Å². The fourth-order valence-corrected chi connectivity index (χ4v) is 2.26. The summed E-state index contributed by atoms with van der Waals surface area (Å²) in [6, 6.07) is 9.57. The molecule has 0 fully saturated rings. The molecule has 3 aromatic rings. The number of aryl methyl sites for hydroxylation is 2. The van der Waals surface area contributed by atoms with Crippen LogP contribution < -0.4 is 10.1 Å². The number of anilines is 1. The lowest BCUT2D eigenvalue weighted by Crippen LogP contribution is -2.20. The largest absolute Gasteiger partial charge is 0.484 e. The summed E-state index contributed by atoms with van der Waals surface area (Å²) in [6.07, 6.45) is 2.56. The second kappa shape index (κ2) is 6.48. The molecular weight excluding hydrogens is 292 g/mol. The second-order valence-corrected chi connectivity index (χ2v) is 5.28. The highest BCUT2D eigenvalue weighted by molar-refractivity contribution is 5.93. The predicted molar refractivity (Wildman–Crippen MR) is 88.6 cm³/mol. The Balaban J connectivity index is 1.60. The third kappa shape index (κ3) is 3.48. The molecular formula is C17H18N4O2. The van der Waals surface area contributed by atoms with Crippen molar-refractivity contribution in [3.05, 3.63) is 47.8 Å². The van der Waals surface area contributed by atoms with E-state index in [2.05, 4.69) is 27.4 Å². The van der Waals surface area contributed by atoms with Gasteiger partial charge in [-0.3, -0.25) is 9.89 Å². The van der Waals surface area contributed by atoms with Gasteiger partial charge in [0.05, 0.1) is 11.9 Å². The van der Waals surface area contributed by atoms with Gasteiger partial charge in [0.1, 0.15) is 5.75 Å². The quantitative estimate of drug-likeness (QED) is 0.759. The van der Waals surface area contributed by atoms with E-state index in [1.165, 1.54) is 5.56 Å². The number of nitrogens with zero attached hydrogens (tertiary/aromatic N) is 2. The zero-order valence-electron chi connectivity index (χ0n) is 13.1. The highest BCUT2D eigenvalue weighted by atomic mass is 16.5. The van der Waals surface area contributed by atoms with Crippen molar-refractivity contribution in [2.75, 3.05) is 11.9 Å². The van der Waals surface area contributed by atoms with Gasteiger partial charge in [0.2, 0.25) is 0 Å². The maximum atomic E-state index is 12.0. The van der Waals surface area contributed by atoms with E-state index in [-0.39, 0.29) is 12.5 Å². The van der Waals surface area contributed by atoms with E-state index in [9.17, 15) is 4.79 Å². The van der Waals surface area contributed by atoms with Crippen molar-refractivity contribution in [1.29, 1.82) is 0 Å². The Labute approximate surface area is 133 Å². The lowest BCUT2D eigenvalue weighted by Gasteiger charge is -2.08. The minimum atomic E-state index is -0.230. The molecule has 0 saturated carbocycles. The van der Waals surface area contributed by atoms with Crippen LogP contribution in [0.1, 0.15) is 18.2 Å². The number of amides is 1. The molecule has 2 aromatic heterocycles. The van der Waals surface area contributed by atoms with E-state index in [0.717, 1.165) is 17.5 Å². The van der Waals surface area contributed by atoms with Gasteiger partial charge in [0.25, 0.3) is 5.91 Å². The van der Waals surface area contributed by atoms with Crippen LogP contribution >= 0.6 is 0 Å². The molecule has 0 radical (unpaired) electrons.